The van der Waals surface area contributed by atoms with Crippen molar-refractivity contribution in [1.29, 1.82) is 0 Å². The van der Waals surface area contributed by atoms with Crippen LogP contribution in [0.5, 0.6) is 0 Å². The smallest absolute Gasteiger partial charge is 0.317 e. The Morgan fingerprint density at radius 1 is 1.56 bits per heavy atom. The Kier molecular flexibility index (Phi) is 4.38. The van der Waals surface area contributed by atoms with Crippen LogP contribution >= 0.6 is 0 Å². The molecule has 5 nitrogen and oxygen atoms in total. The summed E-state index contributed by atoms with van der Waals surface area (Å²) in [5.41, 5.74) is -0.106. The fraction of sp³-hybridized carbons (Fsp3) is 0.250. The topological polar surface area (TPSA) is 69.4 Å². The second-order valence-electron chi connectivity index (χ2n) is 3.43. The Hall–Kier alpha value is -2.42. The largest absolute Gasteiger partial charge is 0.468 e. The van der Waals surface area contributed by atoms with E-state index < -0.39 is 16.7 Å². The highest BCUT2D eigenvalue weighted by atomic mass is 19.1. The van der Waals surface area contributed by atoms with Gasteiger partial charge in [-0.15, -0.1) is 0 Å². The van der Waals surface area contributed by atoms with Gasteiger partial charge in [0.1, 0.15) is 12.2 Å². The molecule has 0 heterocycles. The first-order chi connectivity index (χ1) is 8.45. The molecule has 94 valence electrons. The predicted molar refractivity (Wildman–Crippen MR) is 61.3 cm³/mol. The third-order valence-corrected chi connectivity index (χ3v) is 2.17. The summed E-state index contributed by atoms with van der Waals surface area (Å²) in [7, 11) is 1.21. The van der Waals surface area contributed by atoms with Gasteiger partial charge in [0.25, 0.3) is 5.69 Å². The van der Waals surface area contributed by atoms with Crippen LogP contribution in [0.15, 0.2) is 12.1 Å². The van der Waals surface area contributed by atoms with E-state index in [4.69, 9.17) is 0 Å². The van der Waals surface area contributed by atoms with Crippen molar-refractivity contribution in [2.75, 3.05) is 7.11 Å². The molecular weight excluding hydrogens is 241 g/mol. The van der Waals surface area contributed by atoms with E-state index in [2.05, 4.69) is 16.6 Å². The van der Waals surface area contributed by atoms with Gasteiger partial charge >= 0.3 is 5.97 Å². The number of benzene rings is 1. The summed E-state index contributed by atoms with van der Waals surface area (Å²) in [6, 6.07) is 2.09. The molecule has 1 rings (SSSR count). The minimum Gasteiger partial charge on any atom is -0.468 e. The van der Waals surface area contributed by atoms with E-state index in [0.717, 1.165) is 12.1 Å². The lowest BCUT2D eigenvalue weighted by Gasteiger charge is -1.99. The lowest BCUT2D eigenvalue weighted by atomic mass is 10.1. The standard InChI is InChI=1S/C12H10FNO4/c1-8-6-10(13)9(7-11(8)14(16)17)4-3-5-12(15)18-2/h6-7H,5H2,1-2H3. The maximum atomic E-state index is 13.5. The van der Waals surface area contributed by atoms with Crippen molar-refractivity contribution in [3.63, 3.8) is 0 Å². The number of ether oxygens (including phenoxy) is 1. The molecule has 0 fully saturated rings. The molecule has 0 amide bonds. The Balaban J connectivity index is 3.06. The second-order valence-corrected chi connectivity index (χ2v) is 3.43. The van der Waals surface area contributed by atoms with Crippen LogP contribution in [0.2, 0.25) is 0 Å². The van der Waals surface area contributed by atoms with Crippen LogP contribution in [0.3, 0.4) is 0 Å². The summed E-state index contributed by atoms with van der Waals surface area (Å²) < 4.78 is 17.8. The minimum absolute atomic E-state index is 0.115. The molecule has 0 bridgehead atoms. The van der Waals surface area contributed by atoms with Gasteiger partial charge in [0.2, 0.25) is 0 Å². The number of methoxy groups -OCH3 is 1. The first-order valence-electron chi connectivity index (χ1n) is 4.96. The molecule has 0 saturated heterocycles. The highest BCUT2D eigenvalue weighted by Gasteiger charge is 2.14. The SMILES string of the molecule is COC(=O)CC#Cc1cc([N+](=O)[O-])c(C)cc1F. The maximum absolute atomic E-state index is 13.5. The average molecular weight is 251 g/mol. The summed E-state index contributed by atoms with van der Waals surface area (Å²) in [5, 5.41) is 10.7. The van der Waals surface area contributed by atoms with Crippen molar-refractivity contribution in [1.82, 2.24) is 0 Å². The number of rotatable bonds is 2. The molecule has 0 N–H and O–H groups in total. The molecule has 0 aliphatic heterocycles. The van der Waals surface area contributed by atoms with Crippen molar-refractivity contribution in [2.45, 2.75) is 13.3 Å². The molecule has 0 unspecified atom stereocenters. The molecule has 18 heavy (non-hydrogen) atoms. The Bertz CT molecular complexity index is 557. The van der Waals surface area contributed by atoms with Crippen LogP contribution in [-0.2, 0) is 9.53 Å². The lowest BCUT2D eigenvalue weighted by molar-refractivity contribution is -0.385. The van der Waals surface area contributed by atoms with E-state index in [-0.39, 0.29) is 23.2 Å². The second kappa shape index (κ2) is 5.77. The number of halogens is 1. The highest BCUT2D eigenvalue weighted by Crippen LogP contribution is 2.21. The van der Waals surface area contributed by atoms with E-state index in [9.17, 15) is 19.3 Å². The van der Waals surface area contributed by atoms with Crippen molar-refractivity contribution in [3.8, 4) is 11.8 Å². The zero-order valence-electron chi connectivity index (χ0n) is 9.82. The van der Waals surface area contributed by atoms with Crippen LogP contribution in [0.25, 0.3) is 0 Å². The van der Waals surface area contributed by atoms with E-state index in [1.807, 2.05) is 0 Å². The summed E-state index contributed by atoms with van der Waals surface area (Å²) in [6.07, 6.45) is -0.197. The summed E-state index contributed by atoms with van der Waals surface area (Å²) >= 11 is 0. The Morgan fingerprint density at radius 3 is 2.78 bits per heavy atom. The van der Waals surface area contributed by atoms with Crippen molar-refractivity contribution in [3.05, 3.63) is 39.2 Å². The molecule has 0 aromatic heterocycles. The van der Waals surface area contributed by atoms with Gasteiger partial charge in [-0.2, -0.15) is 0 Å². The molecule has 0 radical (unpaired) electrons. The molecule has 0 spiro atoms. The van der Waals surface area contributed by atoms with Crippen molar-refractivity contribution < 1.29 is 18.8 Å². The van der Waals surface area contributed by atoms with Crippen LogP contribution in [0.1, 0.15) is 17.5 Å². The molecular formula is C12H10FNO4. The van der Waals surface area contributed by atoms with Gasteiger partial charge in [0.15, 0.2) is 0 Å². The zero-order chi connectivity index (χ0) is 13.7. The summed E-state index contributed by atoms with van der Waals surface area (Å²) in [5.74, 6) is 3.55. The van der Waals surface area contributed by atoms with E-state index >= 15 is 0 Å². The quantitative estimate of drug-likeness (QED) is 0.348. The van der Waals surface area contributed by atoms with Crippen LogP contribution < -0.4 is 0 Å². The lowest BCUT2D eigenvalue weighted by Crippen LogP contribution is -1.98. The molecule has 0 saturated carbocycles. The first kappa shape index (κ1) is 13.6. The molecule has 6 heteroatoms. The number of hydrogen-bond donors (Lipinski definition) is 0. The molecule has 0 aliphatic rings. The van der Waals surface area contributed by atoms with Crippen LogP contribution in [0.4, 0.5) is 10.1 Å². The number of nitrogens with zero attached hydrogens (tertiary/aromatic N) is 1. The number of nitro benzene ring substituents is 1. The minimum atomic E-state index is -0.657. The Morgan fingerprint density at radius 2 is 2.22 bits per heavy atom. The first-order valence-corrected chi connectivity index (χ1v) is 4.96. The van der Waals surface area contributed by atoms with E-state index in [1.165, 1.54) is 14.0 Å². The van der Waals surface area contributed by atoms with Crippen molar-refractivity contribution in [2.24, 2.45) is 0 Å². The summed E-state index contributed by atoms with van der Waals surface area (Å²) in [6.45, 7) is 1.44. The van der Waals surface area contributed by atoms with E-state index in [1.54, 1.807) is 0 Å². The third kappa shape index (κ3) is 3.28. The number of carbonyl (C=O) groups is 1. The predicted octanol–water partition coefficient (Wildman–Crippen LogP) is 1.96. The van der Waals surface area contributed by atoms with Gasteiger partial charge in [0.05, 0.1) is 17.6 Å². The van der Waals surface area contributed by atoms with E-state index in [0.29, 0.717) is 0 Å². The fourth-order valence-corrected chi connectivity index (χ4v) is 1.24. The van der Waals surface area contributed by atoms with Gasteiger partial charge in [-0.25, -0.2) is 4.39 Å². The fourth-order valence-electron chi connectivity index (χ4n) is 1.24. The molecule has 0 atom stereocenters. The monoisotopic (exact) mass is 251 g/mol. The summed E-state index contributed by atoms with van der Waals surface area (Å²) in [4.78, 5) is 20.9. The van der Waals surface area contributed by atoms with Gasteiger partial charge in [-0.3, -0.25) is 14.9 Å². The molecule has 1 aromatic carbocycles. The molecule has 0 aliphatic carbocycles. The third-order valence-electron chi connectivity index (χ3n) is 2.17. The van der Waals surface area contributed by atoms with Crippen LogP contribution in [-0.4, -0.2) is 18.0 Å². The highest BCUT2D eigenvalue weighted by molar-refractivity contribution is 5.72. The number of hydrogen-bond acceptors (Lipinski definition) is 4. The van der Waals surface area contributed by atoms with Crippen molar-refractivity contribution >= 4 is 11.7 Å². The average Bonchev–Trinajstić information content (AvgIpc) is 2.31. The normalized spacial score (nSPS) is 9.28. The number of carbonyl (C=O) groups excluding carboxylic acids is 1. The maximum Gasteiger partial charge on any atom is 0.317 e. The molecule has 1 aromatic rings. The van der Waals surface area contributed by atoms with Gasteiger partial charge < -0.3 is 4.74 Å². The zero-order valence-corrected chi connectivity index (χ0v) is 9.82. The number of esters is 1. The van der Waals surface area contributed by atoms with Gasteiger partial charge in [0, 0.05) is 11.6 Å². The number of nitro groups is 1. The number of aryl methyl sites for hydroxylation is 1. The Labute approximate surface area is 103 Å². The van der Waals surface area contributed by atoms with Gasteiger partial charge in [-0.1, -0.05) is 11.8 Å². The van der Waals surface area contributed by atoms with Crippen LogP contribution in [0, 0.1) is 34.7 Å². The van der Waals surface area contributed by atoms with Gasteiger partial charge in [-0.05, 0) is 13.0 Å².